The highest BCUT2D eigenvalue weighted by atomic mass is 16.7. The molecular formula is C35H34O14. The minimum absolute atomic E-state index is 0.0773. The van der Waals surface area contributed by atoms with Crippen molar-refractivity contribution in [2.45, 2.75) is 78.7 Å². The number of para-hydroxylation sites is 1. The molecule has 5 rings (SSSR count). The minimum atomic E-state index is -1.59. The van der Waals surface area contributed by atoms with E-state index in [4.69, 9.17) is 37.6 Å². The lowest BCUT2D eigenvalue weighted by Gasteiger charge is -2.44. The molecule has 0 spiro atoms. The van der Waals surface area contributed by atoms with Crippen molar-refractivity contribution in [3.63, 3.8) is 0 Å². The van der Waals surface area contributed by atoms with Crippen LogP contribution in [0.15, 0.2) is 51.7 Å². The summed E-state index contributed by atoms with van der Waals surface area (Å²) in [6.07, 6.45) is -4.87. The second-order valence-corrected chi connectivity index (χ2v) is 11.5. The molecule has 2 aromatic carbocycles. The van der Waals surface area contributed by atoms with E-state index in [0.717, 1.165) is 38.8 Å². The fraction of sp³-hybridized carbons (Fsp3) is 0.371. The van der Waals surface area contributed by atoms with Gasteiger partial charge in [0, 0.05) is 44.7 Å². The van der Waals surface area contributed by atoms with Crippen LogP contribution in [0, 0.1) is 6.92 Å². The Kier molecular flexibility index (Phi) is 10.2. The first-order chi connectivity index (χ1) is 23.2. The fourth-order valence-corrected chi connectivity index (χ4v) is 5.78. The summed E-state index contributed by atoms with van der Waals surface area (Å²) in [6.45, 7) is 7.66. The van der Waals surface area contributed by atoms with Gasteiger partial charge in [-0.1, -0.05) is 18.2 Å². The molecule has 1 fully saturated rings. The van der Waals surface area contributed by atoms with Gasteiger partial charge in [0.05, 0.1) is 0 Å². The normalized spacial score (nSPS) is 21.2. The fourth-order valence-electron chi connectivity index (χ4n) is 5.78. The van der Waals surface area contributed by atoms with Crippen molar-refractivity contribution >= 4 is 46.4 Å². The number of allylic oxidation sites excluding steroid dienone is 2. The predicted octanol–water partition coefficient (Wildman–Crippen LogP) is 3.74. The second-order valence-electron chi connectivity index (χ2n) is 11.5. The van der Waals surface area contributed by atoms with Crippen molar-refractivity contribution in [2.75, 3.05) is 6.61 Å². The van der Waals surface area contributed by atoms with Crippen LogP contribution < -0.4 is 15.1 Å². The molecule has 5 atom stereocenters. The van der Waals surface area contributed by atoms with Crippen molar-refractivity contribution in [3.05, 3.63) is 75.1 Å². The van der Waals surface area contributed by atoms with E-state index in [1.807, 2.05) is 19.1 Å². The van der Waals surface area contributed by atoms with Gasteiger partial charge in [-0.25, -0.2) is 9.59 Å². The molecule has 3 aromatic rings. The molecule has 258 valence electrons. The Hall–Kier alpha value is -5.50. The molecule has 0 N–H and O–H groups in total. The number of hydrogen-bond donors (Lipinski definition) is 0. The Labute approximate surface area is 279 Å². The second kappa shape index (κ2) is 14.3. The van der Waals surface area contributed by atoms with Crippen LogP contribution in [0.1, 0.15) is 61.7 Å². The van der Waals surface area contributed by atoms with E-state index < -0.39 is 72.8 Å². The molecular weight excluding hydrogens is 644 g/mol. The number of carbonyl (C=O) groups is 5. The molecule has 1 aromatic heterocycles. The molecule has 2 heterocycles. The Balaban J connectivity index is 1.53. The number of aryl methyl sites for hydroxylation is 1. The quantitative estimate of drug-likeness (QED) is 0.138. The summed E-state index contributed by atoms with van der Waals surface area (Å²) in [5.74, 6) is -4.01. The van der Waals surface area contributed by atoms with Crippen molar-refractivity contribution < 1.29 is 61.5 Å². The van der Waals surface area contributed by atoms with Gasteiger partial charge in [0.1, 0.15) is 24.0 Å². The Morgan fingerprint density at radius 2 is 1.49 bits per heavy atom. The number of hydrogen-bond acceptors (Lipinski definition) is 14. The number of fused-ring (bicyclic) bond motifs is 2. The highest BCUT2D eigenvalue weighted by molar-refractivity contribution is 5.99. The lowest BCUT2D eigenvalue weighted by Crippen LogP contribution is -2.63. The first-order valence-corrected chi connectivity index (χ1v) is 15.3. The third-order valence-corrected chi connectivity index (χ3v) is 7.83. The molecule has 0 unspecified atom stereocenters. The lowest BCUT2D eigenvalue weighted by molar-refractivity contribution is -0.288. The number of benzene rings is 2. The van der Waals surface area contributed by atoms with Crippen LogP contribution in [-0.2, 0) is 49.3 Å². The summed E-state index contributed by atoms with van der Waals surface area (Å²) in [5, 5.41) is 0.595. The van der Waals surface area contributed by atoms with E-state index in [2.05, 4.69) is 0 Å². The highest BCUT2D eigenvalue weighted by Gasteiger charge is 2.53. The van der Waals surface area contributed by atoms with E-state index in [9.17, 15) is 28.8 Å². The monoisotopic (exact) mass is 678 g/mol. The third kappa shape index (κ3) is 7.64. The largest absolute Gasteiger partial charge is 0.463 e. The Morgan fingerprint density at radius 3 is 2.16 bits per heavy atom. The molecule has 0 saturated carbocycles. The predicted molar refractivity (Wildman–Crippen MR) is 169 cm³/mol. The average molecular weight is 679 g/mol. The van der Waals surface area contributed by atoms with Crippen LogP contribution in [0.4, 0.5) is 0 Å². The van der Waals surface area contributed by atoms with Crippen molar-refractivity contribution in [3.8, 4) is 11.5 Å². The molecule has 1 aliphatic heterocycles. The summed E-state index contributed by atoms with van der Waals surface area (Å²) < 4.78 is 45.1. The standard InChI is InChI=1S/C35H34O14/c1-16-11-12-22-24(16)14-25-17(2)13-28(40)48-30(25)29(22)49-34(41)23-9-7-8-10-26(23)46-35-33(45-21(6)39)32(44-20(5)38)31(43-19(4)37)27(47-35)15-42-18(3)36/h7-11,13-14,27,31-33,35H,12,15H2,1-6H3/t27-,31-,32+,33-,35-/m1/s1. The summed E-state index contributed by atoms with van der Waals surface area (Å²) in [6, 6.07) is 9.20. The van der Waals surface area contributed by atoms with Gasteiger partial charge in [0.2, 0.25) is 12.4 Å². The zero-order valence-corrected chi connectivity index (χ0v) is 27.6. The average Bonchev–Trinajstić information content (AvgIpc) is 3.39. The lowest BCUT2D eigenvalue weighted by atomic mass is 9.98. The van der Waals surface area contributed by atoms with Gasteiger partial charge in [-0.05, 0) is 55.2 Å². The summed E-state index contributed by atoms with van der Waals surface area (Å²) in [7, 11) is 0. The van der Waals surface area contributed by atoms with Crippen LogP contribution in [-0.4, -0.2) is 67.2 Å². The van der Waals surface area contributed by atoms with E-state index in [-0.39, 0.29) is 22.6 Å². The van der Waals surface area contributed by atoms with Gasteiger partial charge < -0.3 is 37.6 Å². The smallest absolute Gasteiger partial charge is 0.347 e. The van der Waals surface area contributed by atoms with Crippen LogP contribution in [0.3, 0.4) is 0 Å². The SMILES string of the molecule is CC(=O)OC[C@H]1O[C@@H](Oc2ccccc2C(=O)Oc2c3c(cc4c(C)cc(=O)oc24)C(C)=CC3)[C@H](OC(C)=O)[C@@H](OC(C)=O)[C@@H]1OC(C)=O. The first-order valence-electron chi connectivity index (χ1n) is 15.3. The van der Waals surface area contributed by atoms with Crippen LogP contribution in [0.2, 0.25) is 0 Å². The maximum Gasteiger partial charge on any atom is 0.347 e. The number of rotatable bonds is 9. The van der Waals surface area contributed by atoms with E-state index in [1.165, 1.54) is 18.2 Å². The third-order valence-electron chi connectivity index (χ3n) is 7.83. The van der Waals surface area contributed by atoms with Crippen LogP contribution >= 0.6 is 0 Å². The first kappa shape index (κ1) is 34.8. The number of esters is 5. The topological polar surface area (TPSA) is 180 Å². The zero-order valence-electron chi connectivity index (χ0n) is 27.6. The molecule has 2 aliphatic rings. The zero-order chi connectivity index (χ0) is 35.6. The Bertz CT molecular complexity index is 1920. The molecule has 1 saturated heterocycles. The molecule has 49 heavy (non-hydrogen) atoms. The maximum absolute atomic E-state index is 13.9. The van der Waals surface area contributed by atoms with Crippen molar-refractivity contribution in [1.29, 1.82) is 0 Å². The van der Waals surface area contributed by atoms with Crippen molar-refractivity contribution in [1.82, 2.24) is 0 Å². The van der Waals surface area contributed by atoms with Gasteiger partial charge in [-0.15, -0.1) is 0 Å². The van der Waals surface area contributed by atoms with Gasteiger partial charge in [-0.2, -0.15) is 0 Å². The van der Waals surface area contributed by atoms with Crippen LogP contribution in [0.25, 0.3) is 16.5 Å². The maximum atomic E-state index is 13.9. The number of carbonyl (C=O) groups excluding carboxylic acids is 5. The highest BCUT2D eigenvalue weighted by Crippen LogP contribution is 2.41. The van der Waals surface area contributed by atoms with Crippen molar-refractivity contribution in [2.24, 2.45) is 0 Å². The van der Waals surface area contributed by atoms with Gasteiger partial charge in [0.15, 0.2) is 23.5 Å². The molecule has 0 radical (unpaired) electrons. The van der Waals surface area contributed by atoms with Gasteiger partial charge >= 0.3 is 35.5 Å². The molecule has 14 nitrogen and oxygen atoms in total. The summed E-state index contributed by atoms with van der Waals surface area (Å²) in [4.78, 5) is 74.5. The molecule has 1 aliphatic carbocycles. The minimum Gasteiger partial charge on any atom is -0.463 e. The van der Waals surface area contributed by atoms with Gasteiger partial charge in [0.25, 0.3) is 0 Å². The Morgan fingerprint density at radius 1 is 0.837 bits per heavy atom. The molecule has 0 bridgehead atoms. The summed E-state index contributed by atoms with van der Waals surface area (Å²) >= 11 is 0. The van der Waals surface area contributed by atoms with E-state index in [0.29, 0.717) is 22.9 Å². The van der Waals surface area contributed by atoms with Gasteiger partial charge in [-0.3, -0.25) is 19.2 Å². The number of ether oxygens (including phenoxy) is 7. The van der Waals surface area contributed by atoms with Crippen LogP contribution in [0.5, 0.6) is 11.5 Å². The molecule has 0 amide bonds. The molecule has 14 heteroatoms. The summed E-state index contributed by atoms with van der Waals surface area (Å²) in [5.41, 5.74) is 2.50. The van der Waals surface area contributed by atoms with E-state index >= 15 is 0 Å². The van der Waals surface area contributed by atoms with E-state index in [1.54, 1.807) is 19.1 Å².